The van der Waals surface area contributed by atoms with Crippen LogP contribution >= 0.6 is 0 Å². The lowest BCUT2D eigenvalue weighted by atomic mass is 10.0. The van der Waals surface area contributed by atoms with Crippen molar-refractivity contribution >= 4 is 0 Å². The third-order valence-electron chi connectivity index (χ3n) is 2.04. The molecule has 1 atom stereocenters. The SMILES string of the molecule is Cc1cc([C@@H](C)N)cc(C)c1O. The number of hydrogen-bond donors (Lipinski definition) is 2. The van der Waals surface area contributed by atoms with E-state index in [1.54, 1.807) is 0 Å². The molecule has 0 saturated carbocycles. The fourth-order valence-electron chi connectivity index (χ4n) is 1.25. The van der Waals surface area contributed by atoms with E-state index in [-0.39, 0.29) is 6.04 Å². The molecule has 0 aromatic heterocycles. The third kappa shape index (κ3) is 1.59. The van der Waals surface area contributed by atoms with Crippen LogP contribution in [0.25, 0.3) is 0 Å². The van der Waals surface area contributed by atoms with Crippen molar-refractivity contribution in [2.75, 3.05) is 0 Å². The van der Waals surface area contributed by atoms with Crippen LogP contribution in [-0.4, -0.2) is 5.11 Å². The van der Waals surface area contributed by atoms with Crippen molar-refractivity contribution in [2.45, 2.75) is 26.8 Å². The van der Waals surface area contributed by atoms with Gasteiger partial charge in [0.05, 0.1) is 0 Å². The molecular formula is C10H15NO. The molecule has 0 heterocycles. The smallest absolute Gasteiger partial charge is 0.121 e. The Hall–Kier alpha value is -1.02. The van der Waals surface area contributed by atoms with Crippen LogP contribution in [0.15, 0.2) is 12.1 Å². The second-order valence-electron chi connectivity index (χ2n) is 3.29. The van der Waals surface area contributed by atoms with Gasteiger partial charge >= 0.3 is 0 Å². The van der Waals surface area contributed by atoms with Crippen LogP contribution in [-0.2, 0) is 0 Å². The number of hydrogen-bond acceptors (Lipinski definition) is 2. The maximum atomic E-state index is 9.47. The van der Waals surface area contributed by atoms with Crippen molar-refractivity contribution in [2.24, 2.45) is 5.73 Å². The van der Waals surface area contributed by atoms with Crippen molar-refractivity contribution in [1.82, 2.24) is 0 Å². The van der Waals surface area contributed by atoms with Gasteiger partial charge in [0.1, 0.15) is 5.75 Å². The molecular weight excluding hydrogens is 150 g/mol. The van der Waals surface area contributed by atoms with Crippen molar-refractivity contribution < 1.29 is 5.11 Å². The van der Waals surface area contributed by atoms with Gasteiger partial charge in [0.15, 0.2) is 0 Å². The molecule has 0 unspecified atom stereocenters. The lowest BCUT2D eigenvalue weighted by Gasteiger charge is -2.10. The van der Waals surface area contributed by atoms with Gasteiger partial charge in [-0.05, 0) is 37.5 Å². The Kier molecular flexibility index (Phi) is 2.38. The van der Waals surface area contributed by atoms with Crippen LogP contribution in [0.2, 0.25) is 0 Å². The highest BCUT2D eigenvalue weighted by Crippen LogP contribution is 2.24. The number of benzene rings is 1. The maximum Gasteiger partial charge on any atom is 0.121 e. The first-order valence-corrected chi connectivity index (χ1v) is 4.08. The minimum absolute atomic E-state index is 0.0306. The molecule has 3 N–H and O–H groups in total. The number of rotatable bonds is 1. The van der Waals surface area contributed by atoms with Crippen LogP contribution < -0.4 is 5.73 Å². The van der Waals surface area contributed by atoms with E-state index in [1.807, 2.05) is 32.9 Å². The van der Waals surface area contributed by atoms with Crippen molar-refractivity contribution in [3.63, 3.8) is 0 Å². The Balaban J connectivity index is 3.21. The highest BCUT2D eigenvalue weighted by Gasteiger charge is 2.05. The molecule has 0 bridgehead atoms. The molecule has 0 aliphatic carbocycles. The Morgan fingerprint density at radius 2 is 1.67 bits per heavy atom. The largest absolute Gasteiger partial charge is 0.507 e. The van der Waals surface area contributed by atoms with Crippen LogP contribution in [0.3, 0.4) is 0 Å². The van der Waals surface area contributed by atoms with E-state index >= 15 is 0 Å². The molecule has 2 heteroatoms. The van der Waals surface area contributed by atoms with E-state index in [1.165, 1.54) is 0 Å². The molecule has 0 fully saturated rings. The van der Waals surface area contributed by atoms with Gasteiger partial charge in [0, 0.05) is 6.04 Å². The Bertz CT molecular complexity index is 269. The minimum atomic E-state index is 0.0306. The first-order chi connectivity index (χ1) is 5.52. The molecule has 0 spiro atoms. The minimum Gasteiger partial charge on any atom is -0.507 e. The van der Waals surface area contributed by atoms with Crippen LogP contribution in [0, 0.1) is 13.8 Å². The molecule has 66 valence electrons. The van der Waals surface area contributed by atoms with Gasteiger partial charge in [0.25, 0.3) is 0 Å². The maximum absolute atomic E-state index is 9.47. The Morgan fingerprint density at radius 3 is 2.00 bits per heavy atom. The number of aryl methyl sites for hydroxylation is 2. The average Bonchev–Trinajstić information content (AvgIpc) is 1.99. The molecule has 0 saturated heterocycles. The van der Waals surface area contributed by atoms with Crippen molar-refractivity contribution in [1.29, 1.82) is 0 Å². The topological polar surface area (TPSA) is 46.2 Å². The van der Waals surface area contributed by atoms with Crippen LogP contribution in [0.1, 0.15) is 29.7 Å². The summed E-state index contributed by atoms with van der Waals surface area (Å²) in [6.45, 7) is 5.70. The second-order valence-corrected chi connectivity index (χ2v) is 3.29. The predicted molar refractivity (Wildman–Crippen MR) is 50.2 cm³/mol. The second kappa shape index (κ2) is 3.15. The summed E-state index contributed by atoms with van der Waals surface area (Å²) in [4.78, 5) is 0. The summed E-state index contributed by atoms with van der Waals surface area (Å²) in [6.07, 6.45) is 0. The van der Waals surface area contributed by atoms with Gasteiger partial charge in [-0.2, -0.15) is 0 Å². The monoisotopic (exact) mass is 165 g/mol. The first-order valence-electron chi connectivity index (χ1n) is 4.08. The molecule has 0 amide bonds. The van der Waals surface area contributed by atoms with Gasteiger partial charge < -0.3 is 10.8 Å². The van der Waals surface area contributed by atoms with E-state index in [4.69, 9.17) is 5.73 Å². The highest BCUT2D eigenvalue weighted by atomic mass is 16.3. The molecule has 2 nitrogen and oxygen atoms in total. The lowest BCUT2D eigenvalue weighted by Crippen LogP contribution is -2.05. The highest BCUT2D eigenvalue weighted by molar-refractivity contribution is 5.42. The van der Waals surface area contributed by atoms with Crippen LogP contribution in [0.4, 0.5) is 0 Å². The summed E-state index contributed by atoms with van der Waals surface area (Å²) in [5.74, 6) is 0.374. The number of phenolic OH excluding ortho intramolecular Hbond substituents is 1. The van der Waals surface area contributed by atoms with Crippen molar-refractivity contribution in [3.8, 4) is 5.75 Å². The summed E-state index contributed by atoms with van der Waals surface area (Å²) >= 11 is 0. The standard InChI is InChI=1S/C10H15NO/c1-6-4-9(8(3)11)5-7(2)10(6)12/h4-5,8,12H,11H2,1-3H3/t8-/m1/s1. The fourth-order valence-corrected chi connectivity index (χ4v) is 1.25. The zero-order chi connectivity index (χ0) is 9.30. The number of phenols is 1. The zero-order valence-corrected chi connectivity index (χ0v) is 7.76. The summed E-state index contributed by atoms with van der Waals surface area (Å²) in [5, 5.41) is 9.47. The van der Waals surface area contributed by atoms with E-state index < -0.39 is 0 Å². The molecule has 1 aromatic carbocycles. The molecule has 0 aliphatic heterocycles. The van der Waals surface area contributed by atoms with Gasteiger partial charge in [-0.25, -0.2) is 0 Å². The van der Waals surface area contributed by atoms with Gasteiger partial charge in [-0.15, -0.1) is 0 Å². The lowest BCUT2D eigenvalue weighted by molar-refractivity contribution is 0.466. The van der Waals surface area contributed by atoms with E-state index in [0.29, 0.717) is 5.75 Å². The Labute approximate surface area is 73.0 Å². The molecule has 0 aliphatic rings. The summed E-state index contributed by atoms with van der Waals surface area (Å²) in [6, 6.07) is 3.88. The summed E-state index contributed by atoms with van der Waals surface area (Å²) < 4.78 is 0. The normalized spacial score (nSPS) is 13.0. The quantitative estimate of drug-likeness (QED) is 0.668. The van der Waals surface area contributed by atoms with Gasteiger partial charge in [-0.1, -0.05) is 12.1 Å². The summed E-state index contributed by atoms with van der Waals surface area (Å²) in [5.41, 5.74) is 8.57. The average molecular weight is 165 g/mol. The van der Waals surface area contributed by atoms with Gasteiger partial charge in [-0.3, -0.25) is 0 Å². The summed E-state index contributed by atoms with van der Waals surface area (Å²) in [7, 11) is 0. The van der Waals surface area contributed by atoms with Crippen molar-refractivity contribution in [3.05, 3.63) is 28.8 Å². The third-order valence-corrected chi connectivity index (χ3v) is 2.04. The molecule has 0 radical (unpaired) electrons. The molecule has 1 rings (SSSR count). The first kappa shape index (κ1) is 9.07. The van der Waals surface area contributed by atoms with E-state index in [0.717, 1.165) is 16.7 Å². The van der Waals surface area contributed by atoms with Crippen LogP contribution in [0.5, 0.6) is 5.75 Å². The fraction of sp³-hybridized carbons (Fsp3) is 0.400. The predicted octanol–water partition coefficient (Wildman–Crippen LogP) is 2.03. The molecule has 1 aromatic rings. The Morgan fingerprint density at radius 1 is 1.25 bits per heavy atom. The van der Waals surface area contributed by atoms with Gasteiger partial charge in [0.2, 0.25) is 0 Å². The van der Waals surface area contributed by atoms with E-state index in [9.17, 15) is 5.11 Å². The number of nitrogens with two attached hydrogens (primary N) is 1. The number of aromatic hydroxyl groups is 1. The zero-order valence-electron chi connectivity index (χ0n) is 7.76. The van der Waals surface area contributed by atoms with E-state index in [2.05, 4.69) is 0 Å². The molecule has 12 heavy (non-hydrogen) atoms.